The molecule has 0 aliphatic heterocycles. The molecule has 0 amide bonds. The van der Waals surface area contributed by atoms with Gasteiger partial charge in [-0.3, -0.25) is 0 Å². The van der Waals surface area contributed by atoms with Crippen LogP contribution in [0.2, 0.25) is 0 Å². The number of benzene rings is 1. The zero-order valence-electron chi connectivity index (χ0n) is 5.85. The molecule has 5 heteroatoms. The monoisotopic (exact) mass is 186 g/mol. The van der Waals surface area contributed by atoms with Crippen LogP contribution in [0, 0.1) is 0 Å². The fraction of sp³-hybridized carbons (Fsp3) is 0. The highest BCUT2D eigenvalue weighted by Crippen LogP contribution is 2.32. The topological polar surface area (TPSA) is 77.8 Å². The van der Waals surface area contributed by atoms with Crippen LogP contribution in [0.25, 0.3) is 0 Å². The van der Waals surface area contributed by atoms with Gasteiger partial charge in [-0.15, -0.1) is 12.6 Å². The molecule has 0 spiro atoms. The van der Waals surface area contributed by atoms with E-state index in [1.807, 2.05) is 0 Å². The van der Waals surface area contributed by atoms with Gasteiger partial charge in [0, 0.05) is 0 Å². The first-order valence-corrected chi connectivity index (χ1v) is 3.45. The van der Waals surface area contributed by atoms with Gasteiger partial charge in [0.05, 0.1) is 10.5 Å². The van der Waals surface area contributed by atoms with Gasteiger partial charge in [-0.2, -0.15) is 0 Å². The van der Waals surface area contributed by atoms with E-state index in [0.29, 0.717) is 0 Å². The lowest BCUT2D eigenvalue weighted by Gasteiger charge is -2.01. The molecule has 12 heavy (non-hydrogen) atoms. The molecule has 0 aliphatic rings. The highest BCUT2D eigenvalue weighted by atomic mass is 32.1. The number of carboxylic acids is 1. The lowest BCUT2D eigenvalue weighted by molar-refractivity contribution is 0.0696. The first-order chi connectivity index (χ1) is 5.52. The Balaban J connectivity index is 3.31. The normalized spacial score (nSPS) is 9.75. The molecule has 0 aliphatic carbocycles. The average molecular weight is 186 g/mol. The summed E-state index contributed by atoms with van der Waals surface area (Å²) in [7, 11) is 0. The Morgan fingerprint density at radius 1 is 1.33 bits per heavy atom. The van der Waals surface area contributed by atoms with E-state index in [1.165, 1.54) is 0 Å². The first kappa shape index (κ1) is 8.73. The summed E-state index contributed by atoms with van der Waals surface area (Å²) in [5.74, 6) is -2.08. The zero-order chi connectivity index (χ0) is 9.30. The maximum absolute atomic E-state index is 10.4. The number of hydrogen-bond donors (Lipinski definition) is 4. The third-order valence-electron chi connectivity index (χ3n) is 1.32. The molecule has 0 bridgehead atoms. The van der Waals surface area contributed by atoms with Crippen molar-refractivity contribution >= 4 is 18.6 Å². The molecule has 0 saturated heterocycles. The van der Waals surface area contributed by atoms with Crippen molar-refractivity contribution in [3.8, 4) is 11.5 Å². The van der Waals surface area contributed by atoms with Crippen LogP contribution in [0.3, 0.4) is 0 Å². The minimum absolute atomic E-state index is 0.0346. The number of aromatic carboxylic acids is 1. The summed E-state index contributed by atoms with van der Waals surface area (Å²) < 4.78 is 0. The maximum atomic E-state index is 10.4. The summed E-state index contributed by atoms with van der Waals surface area (Å²) in [5, 5.41) is 26.5. The van der Waals surface area contributed by atoms with Crippen LogP contribution in [0.5, 0.6) is 11.5 Å². The number of phenolic OH excluding ortho intramolecular Hbond substituents is 2. The van der Waals surface area contributed by atoms with Gasteiger partial charge in [0.25, 0.3) is 0 Å². The van der Waals surface area contributed by atoms with Gasteiger partial charge in [-0.1, -0.05) is 0 Å². The maximum Gasteiger partial charge on any atom is 0.335 e. The van der Waals surface area contributed by atoms with Crippen molar-refractivity contribution in [1.29, 1.82) is 0 Å². The molecule has 0 radical (unpaired) electrons. The van der Waals surface area contributed by atoms with Gasteiger partial charge in [0.1, 0.15) is 0 Å². The quantitative estimate of drug-likeness (QED) is 0.391. The van der Waals surface area contributed by atoms with Crippen molar-refractivity contribution in [2.75, 3.05) is 0 Å². The Morgan fingerprint density at radius 3 is 2.33 bits per heavy atom. The Hall–Kier alpha value is -1.36. The van der Waals surface area contributed by atoms with Gasteiger partial charge in [-0.25, -0.2) is 4.79 Å². The molecule has 0 atom stereocenters. The van der Waals surface area contributed by atoms with Crippen molar-refractivity contribution in [2.45, 2.75) is 4.90 Å². The smallest absolute Gasteiger partial charge is 0.335 e. The molecule has 0 unspecified atom stereocenters. The molecule has 3 N–H and O–H groups in total. The molecule has 0 aromatic heterocycles. The van der Waals surface area contributed by atoms with Crippen molar-refractivity contribution in [1.82, 2.24) is 0 Å². The average Bonchev–Trinajstić information content (AvgIpc) is 1.99. The van der Waals surface area contributed by atoms with E-state index in [0.717, 1.165) is 12.1 Å². The molecule has 4 nitrogen and oxygen atoms in total. The van der Waals surface area contributed by atoms with Crippen LogP contribution in [-0.4, -0.2) is 21.3 Å². The summed E-state index contributed by atoms with van der Waals surface area (Å²) in [5.41, 5.74) is -0.115. The van der Waals surface area contributed by atoms with Gasteiger partial charge in [0.15, 0.2) is 11.5 Å². The third-order valence-corrected chi connectivity index (χ3v) is 1.66. The third kappa shape index (κ3) is 1.45. The van der Waals surface area contributed by atoms with Crippen molar-refractivity contribution < 1.29 is 20.1 Å². The predicted octanol–water partition coefficient (Wildman–Crippen LogP) is 1.08. The minimum Gasteiger partial charge on any atom is -0.504 e. The fourth-order valence-electron chi connectivity index (χ4n) is 0.728. The summed E-state index contributed by atoms with van der Waals surface area (Å²) in [6.45, 7) is 0. The zero-order valence-corrected chi connectivity index (χ0v) is 6.75. The fourth-order valence-corrected chi connectivity index (χ4v) is 0.981. The Morgan fingerprint density at radius 2 is 1.92 bits per heavy atom. The van der Waals surface area contributed by atoms with E-state index in [2.05, 4.69) is 12.6 Å². The molecule has 1 aromatic rings. The molecule has 1 aromatic carbocycles. The van der Waals surface area contributed by atoms with Crippen LogP contribution in [0.15, 0.2) is 17.0 Å². The Labute approximate surface area is 73.5 Å². The van der Waals surface area contributed by atoms with E-state index < -0.39 is 17.5 Å². The Kier molecular flexibility index (Phi) is 2.14. The molecular formula is C7H6O4S. The SMILES string of the molecule is O=C(O)c1cc(O)c(O)c(S)c1. The predicted molar refractivity (Wildman–Crippen MR) is 44.0 cm³/mol. The van der Waals surface area contributed by atoms with Gasteiger partial charge >= 0.3 is 5.97 Å². The standard InChI is InChI=1S/C7H6O4S/c8-4-1-3(7(10)11)2-5(12)6(4)9/h1-2,8-9,12H,(H,10,11). The number of carboxylic acid groups (broad SMARTS) is 1. The second-order valence-corrected chi connectivity index (χ2v) is 2.65. The van der Waals surface area contributed by atoms with E-state index in [-0.39, 0.29) is 10.5 Å². The number of aromatic hydroxyl groups is 2. The number of carbonyl (C=O) groups is 1. The van der Waals surface area contributed by atoms with E-state index >= 15 is 0 Å². The van der Waals surface area contributed by atoms with Crippen LogP contribution in [-0.2, 0) is 0 Å². The highest BCUT2D eigenvalue weighted by molar-refractivity contribution is 7.80. The van der Waals surface area contributed by atoms with E-state index in [1.54, 1.807) is 0 Å². The second-order valence-electron chi connectivity index (χ2n) is 2.17. The van der Waals surface area contributed by atoms with Crippen LogP contribution in [0.1, 0.15) is 10.4 Å². The molecule has 64 valence electrons. The van der Waals surface area contributed by atoms with Crippen LogP contribution >= 0.6 is 12.6 Å². The Bertz CT molecular complexity index is 311. The lowest BCUT2D eigenvalue weighted by atomic mass is 10.2. The first-order valence-electron chi connectivity index (χ1n) is 3.00. The van der Waals surface area contributed by atoms with Crippen molar-refractivity contribution in [3.05, 3.63) is 17.7 Å². The molecule has 1 rings (SSSR count). The highest BCUT2D eigenvalue weighted by Gasteiger charge is 2.10. The number of phenols is 2. The van der Waals surface area contributed by atoms with Crippen molar-refractivity contribution in [3.63, 3.8) is 0 Å². The summed E-state index contributed by atoms with van der Waals surface area (Å²) in [6.07, 6.45) is 0. The van der Waals surface area contributed by atoms with Gasteiger partial charge in [0.2, 0.25) is 0 Å². The lowest BCUT2D eigenvalue weighted by Crippen LogP contribution is -1.95. The number of hydrogen-bond acceptors (Lipinski definition) is 4. The van der Waals surface area contributed by atoms with Gasteiger partial charge < -0.3 is 15.3 Å². The number of thiol groups is 1. The second kappa shape index (κ2) is 2.94. The van der Waals surface area contributed by atoms with E-state index in [9.17, 15) is 4.79 Å². The molecule has 0 saturated carbocycles. The summed E-state index contributed by atoms with van der Waals surface area (Å²) >= 11 is 3.76. The van der Waals surface area contributed by atoms with Crippen LogP contribution < -0.4 is 0 Å². The summed E-state index contributed by atoms with van der Waals surface area (Å²) in [4.78, 5) is 10.4. The molecule has 0 heterocycles. The molecular weight excluding hydrogens is 180 g/mol. The van der Waals surface area contributed by atoms with Crippen molar-refractivity contribution in [2.24, 2.45) is 0 Å². The van der Waals surface area contributed by atoms with E-state index in [4.69, 9.17) is 15.3 Å². The largest absolute Gasteiger partial charge is 0.504 e. The molecule has 0 fully saturated rings. The summed E-state index contributed by atoms with van der Waals surface area (Å²) in [6, 6.07) is 2.11. The number of rotatable bonds is 1. The van der Waals surface area contributed by atoms with Crippen LogP contribution in [0.4, 0.5) is 0 Å². The van der Waals surface area contributed by atoms with Gasteiger partial charge in [-0.05, 0) is 12.1 Å². The minimum atomic E-state index is -1.18.